The van der Waals surface area contributed by atoms with Crippen LogP contribution < -0.4 is 15.6 Å². The molecule has 3 heterocycles. The van der Waals surface area contributed by atoms with Gasteiger partial charge in [-0.05, 0) is 77.3 Å². The van der Waals surface area contributed by atoms with Gasteiger partial charge in [-0.1, -0.05) is 11.8 Å². The molecule has 7 unspecified atom stereocenters. The van der Waals surface area contributed by atoms with Crippen LogP contribution in [0.4, 0.5) is 8.78 Å². The largest absolute Gasteiger partial charge is 0.312 e. The van der Waals surface area contributed by atoms with Crippen LogP contribution in [0.15, 0.2) is 4.79 Å². The van der Waals surface area contributed by atoms with Gasteiger partial charge >= 0.3 is 0 Å². The van der Waals surface area contributed by atoms with Gasteiger partial charge in [0.1, 0.15) is 5.82 Å². The normalized spacial score (nSPS) is 34.2. The summed E-state index contributed by atoms with van der Waals surface area (Å²) in [5, 5.41) is 3.71. The highest BCUT2D eigenvalue weighted by Gasteiger charge is 2.51. The van der Waals surface area contributed by atoms with Crippen molar-refractivity contribution in [2.45, 2.75) is 106 Å². The Morgan fingerprint density at radius 1 is 1.22 bits per heavy atom. The number of hydrogen-bond donors (Lipinski definition) is 2. The molecule has 4 fully saturated rings. The van der Waals surface area contributed by atoms with Gasteiger partial charge < -0.3 is 5.32 Å². The molecule has 1 aromatic heterocycles. The molecule has 14 heteroatoms. The van der Waals surface area contributed by atoms with Gasteiger partial charge in [-0.25, -0.2) is 22.2 Å². The number of nitrogens with one attached hydrogen (secondary N) is 2. The maximum absolute atomic E-state index is 13.7. The zero-order valence-corrected chi connectivity index (χ0v) is 29.0. The number of sulfonamides is 1. The van der Waals surface area contributed by atoms with Crippen molar-refractivity contribution < 1.29 is 22.0 Å². The summed E-state index contributed by atoms with van der Waals surface area (Å²) in [7, 11) is -1.74. The van der Waals surface area contributed by atoms with E-state index in [4.69, 9.17) is 16.6 Å². The number of thioether (sulfide) groups is 1. The number of rotatable bonds is 6. The molecule has 1 aromatic rings. The summed E-state index contributed by atoms with van der Waals surface area (Å²) in [6.07, 6.45) is 6.21. The quantitative estimate of drug-likeness (QED) is 0.345. The molecule has 0 bridgehead atoms. The second-order valence-corrected chi connectivity index (χ2v) is 17.6. The van der Waals surface area contributed by atoms with Crippen LogP contribution >= 0.6 is 23.4 Å². The molecule has 254 valence electrons. The first-order valence-corrected chi connectivity index (χ1v) is 19.8. The Hall–Kier alpha value is -1.72. The Morgan fingerprint density at radius 3 is 2.70 bits per heavy atom. The number of piperidine rings is 1. The molecule has 46 heavy (non-hydrogen) atoms. The van der Waals surface area contributed by atoms with E-state index in [0.29, 0.717) is 30.0 Å². The molecule has 0 spiro atoms. The molecule has 8 atom stereocenters. The van der Waals surface area contributed by atoms with Crippen molar-refractivity contribution in [1.29, 1.82) is 0 Å². The minimum Gasteiger partial charge on any atom is -0.312 e. The fourth-order valence-corrected chi connectivity index (χ4v) is 11.2. The van der Waals surface area contributed by atoms with Crippen molar-refractivity contribution >= 4 is 39.3 Å². The highest BCUT2D eigenvalue weighted by atomic mass is 35.5. The molecule has 3 aliphatic carbocycles. The Morgan fingerprint density at radius 2 is 1.98 bits per heavy atom. The van der Waals surface area contributed by atoms with Crippen LogP contribution in [-0.4, -0.2) is 89.1 Å². The van der Waals surface area contributed by atoms with E-state index in [-0.39, 0.29) is 71.5 Å². The van der Waals surface area contributed by atoms with E-state index in [2.05, 4.69) is 21.9 Å². The Kier molecular flexibility index (Phi) is 9.87. The predicted molar refractivity (Wildman–Crippen MR) is 176 cm³/mol. The van der Waals surface area contributed by atoms with Gasteiger partial charge in [0.15, 0.2) is 0 Å². The van der Waals surface area contributed by atoms with Crippen LogP contribution in [0.2, 0.25) is 0 Å². The van der Waals surface area contributed by atoms with E-state index in [1.54, 1.807) is 16.3 Å². The maximum atomic E-state index is 13.7. The van der Waals surface area contributed by atoms with Gasteiger partial charge in [-0.15, -0.1) is 11.6 Å². The third-order valence-corrected chi connectivity index (χ3v) is 13.5. The van der Waals surface area contributed by atoms with Gasteiger partial charge in [-0.2, -0.15) is 11.8 Å². The van der Waals surface area contributed by atoms with Gasteiger partial charge in [0.25, 0.3) is 11.5 Å². The highest BCUT2D eigenvalue weighted by Crippen LogP contribution is 2.48. The molecule has 6 rings (SSSR count). The van der Waals surface area contributed by atoms with Gasteiger partial charge in [0.2, 0.25) is 15.9 Å². The molecule has 9 nitrogen and oxygen atoms in total. The first-order valence-electron chi connectivity index (χ1n) is 16.4. The smallest absolute Gasteiger partial charge is 0.257 e. The topological polar surface area (TPSA) is 113 Å². The zero-order valence-electron chi connectivity index (χ0n) is 26.6. The lowest BCUT2D eigenvalue weighted by atomic mass is 9.67. The lowest BCUT2D eigenvalue weighted by molar-refractivity contribution is -0.127. The number of fused-ring (bicyclic) bond motifs is 2. The predicted octanol–water partition coefficient (Wildman–Crippen LogP) is 2.95. The summed E-state index contributed by atoms with van der Waals surface area (Å²) in [5.41, 5.74) is 1.40. The van der Waals surface area contributed by atoms with Crippen molar-refractivity contribution in [3.05, 3.63) is 27.4 Å². The lowest BCUT2D eigenvalue weighted by Gasteiger charge is -2.45. The molecular weight excluding hydrogens is 656 g/mol. The fourth-order valence-electron chi connectivity index (χ4n) is 8.45. The summed E-state index contributed by atoms with van der Waals surface area (Å²) in [4.78, 5) is 33.3. The molecule has 0 radical (unpaired) electrons. The molecule has 2 saturated carbocycles. The zero-order chi connectivity index (χ0) is 33.0. The minimum absolute atomic E-state index is 0.0381. The van der Waals surface area contributed by atoms with Crippen LogP contribution in [0, 0.1) is 42.4 Å². The van der Waals surface area contributed by atoms with Crippen LogP contribution in [0.25, 0.3) is 0 Å². The number of nitrogens with zero attached hydrogens (tertiary/aromatic N) is 3. The second kappa shape index (κ2) is 13.3. The number of aromatic nitrogens is 2. The summed E-state index contributed by atoms with van der Waals surface area (Å²) >= 11 is 8.45. The van der Waals surface area contributed by atoms with Crippen molar-refractivity contribution in [2.75, 3.05) is 25.6 Å². The average Bonchev–Trinajstić information content (AvgIpc) is 3.41. The van der Waals surface area contributed by atoms with Crippen LogP contribution in [0.3, 0.4) is 0 Å². The number of hydrogen-bond acceptors (Lipinski definition) is 8. The summed E-state index contributed by atoms with van der Waals surface area (Å²) in [5.74, 6) is 5.19. The lowest BCUT2D eigenvalue weighted by Crippen LogP contribution is -2.55. The van der Waals surface area contributed by atoms with Crippen molar-refractivity contribution in [3.8, 4) is 11.8 Å². The third-order valence-electron chi connectivity index (χ3n) is 11.0. The standard InChI is InChI=1S/C32H44ClF2N5O4S2/c1-18-37-27-9-8-21(39(2)22-15-32(34,35)16-22)14-25(27)31(42)40(18)12-4-5-19-6-7-20(33)13-24(19)23-10-11-36-28-26(17-45-29(23)28)30(41)38-46(3,43)44/h19-24,26,28-29,36H,6-17H2,1-3H3,(H,38,41)/t19?,20?,21-,23?,24?,26?,28?,29?/m0/s1. The number of carbonyl (C=O) groups is 1. The van der Waals surface area contributed by atoms with Gasteiger partial charge in [-0.3, -0.25) is 23.8 Å². The number of halogens is 3. The Labute approximate surface area is 279 Å². The number of likely N-dealkylation sites (N-methyl/N-ethyl adjacent to an activating group) is 1. The van der Waals surface area contributed by atoms with Crippen molar-refractivity contribution in [3.63, 3.8) is 0 Å². The molecule has 0 aromatic carbocycles. The molecular formula is C32H44ClF2N5O4S2. The number of aryl methyl sites for hydroxylation is 2. The molecule has 2 N–H and O–H groups in total. The number of carbonyl (C=O) groups excluding carboxylic acids is 1. The first-order chi connectivity index (χ1) is 21.7. The molecule has 1 amide bonds. The Bertz CT molecular complexity index is 1570. The van der Waals surface area contributed by atoms with E-state index in [0.717, 1.165) is 50.6 Å². The highest BCUT2D eigenvalue weighted by molar-refractivity contribution is 8.00. The van der Waals surface area contributed by atoms with Crippen LogP contribution in [0.1, 0.15) is 62.0 Å². The summed E-state index contributed by atoms with van der Waals surface area (Å²) in [6.45, 7) is 2.81. The first kappa shape index (κ1) is 34.2. The van der Waals surface area contributed by atoms with Gasteiger partial charge in [0, 0.05) is 58.8 Å². The van der Waals surface area contributed by atoms with E-state index < -0.39 is 27.8 Å². The monoisotopic (exact) mass is 699 g/mol. The SMILES string of the molecule is Cc1nc2c(c(=O)n1CC#CC1CCC(Cl)CC1C1CCNC3C(C(=O)NS(C)(=O)=O)CSC13)C[C@@H](N(C)C1CC(F)(F)C1)CC2. The molecule has 2 saturated heterocycles. The van der Waals surface area contributed by atoms with Crippen LogP contribution in [0.5, 0.6) is 0 Å². The van der Waals surface area contributed by atoms with Crippen molar-refractivity contribution in [1.82, 2.24) is 24.5 Å². The Balaban J connectivity index is 1.16. The second-order valence-electron chi connectivity index (χ2n) is 14.0. The van der Waals surface area contributed by atoms with E-state index in [1.165, 1.54) is 0 Å². The van der Waals surface area contributed by atoms with Crippen molar-refractivity contribution in [2.24, 2.45) is 23.7 Å². The number of alkyl halides is 3. The van der Waals surface area contributed by atoms with Crippen LogP contribution in [-0.2, 0) is 34.2 Å². The van der Waals surface area contributed by atoms with E-state index in [9.17, 15) is 26.8 Å². The average molecular weight is 700 g/mol. The van der Waals surface area contributed by atoms with E-state index in [1.807, 2.05) is 18.9 Å². The molecule has 5 aliphatic rings. The minimum atomic E-state index is -3.63. The number of amides is 1. The third kappa shape index (κ3) is 7.16. The molecule has 2 aliphatic heterocycles. The fraction of sp³-hybridized carbons (Fsp3) is 0.781. The van der Waals surface area contributed by atoms with Gasteiger partial charge in [0.05, 0.1) is 24.4 Å². The van der Waals surface area contributed by atoms with E-state index >= 15 is 0 Å². The maximum Gasteiger partial charge on any atom is 0.257 e. The summed E-state index contributed by atoms with van der Waals surface area (Å²) in [6, 6.07) is -0.227. The summed E-state index contributed by atoms with van der Waals surface area (Å²) < 4.78 is 54.3.